The molecule has 9 heteroatoms. The Labute approximate surface area is 157 Å². The largest absolute Gasteiger partial charge is 0.291 e. The van der Waals surface area contributed by atoms with Crippen molar-refractivity contribution in [1.29, 1.82) is 0 Å². The van der Waals surface area contributed by atoms with E-state index >= 15 is 0 Å². The van der Waals surface area contributed by atoms with Gasteiger partial charge in [0.1, 0.15) is 5.82 Å². The standard InChI is InChI=1S/C18H14ClF3N4O/c19-12-3-1-11(14(20)8-12)9-26-16-7-10(18(21)22)2-4-13(16)15(25-26)5-6-17(27)24-23/h1-8,18H,9,23H2,(H,24,27). The maximum atomic E-state index is 14.1. The number of fused-ring (bicyclic) bond motifs is 1. The van der Waals surface area contributed by atoms with Crippen LogP contribution in [0.25, 0.3) is 17.0 Å². The zero-order valence-electron chi connectivity index (χ0n) is 13.8. The Kier molecular flexibility index (Phi) is 5.48. The van der Waals surface area contributed by atoms with Crippen LogP contribution in [0.2, 0.25) is 5.02 Å². The molecule has 0 spiro atoms. The van der Waals surface area contributed by atoms with Gasteiger partial charge in [-0.3, -0.25) is 14.9 Å². The van der Waals surface area contributed by atoms with Gasteiger partial charge in [-0.25, -0.2) is 19.0 Å². The second-order valence-corrected chi connectivity index (χ2v) is 6.13. The number of hydrogen-bond acceptors (Lipinski definition) is 3. The molecule has 1 amide bonds. The molecule has 3 aromatic rings. The van der Waals surface area contributed by atoms with Crippen molar-refractivity contribution >= 4 is 34.5 Å². The van der Waals surface area contributed by atoms with Gasteiger partial charge in [-0.2, -0.15) is 5.10 Å². The fourth-order valence-corrected chi connectivity index (χ4v) is 2.77. The Morgan fingerprint density at radius 3 is 2.74 bits per heavy atom. The molecule has 0 saturated carbocycles. The predicted molar refractivity (Wildman–Crippen MR) is 96.6 cm³/mol. The number of rotatable bonds is 5. The molecular formula is C18H14ClF3N4O. The van der Waals surface area contributed by atoms with Gasteiger partial charge in [0.15, 0.2) is 0 Å². The van der Waals surface area contributed by atoms with Gasteiger partial charge in [-0.15, -0.1) is 0 Å². The lowest BCUT2D eigenvalue weighted by Crippen LogP contribution is -2.27. The van der Waals surface area contributed by atoms with Crippen LogP contribution >= 0.6 is 11.6 Å². The van der Waals surface area contributed by atoms with Gasteiger partial charge < -0.3 is 0 Å². The summed E-state index contributed by atoms with van der Waals surface area (Å²) < 4.78 is 41.7. The van der Waals surface area contributed by atoms with Crippen LogP contribution in [-0.2, 0) is 11.3 Å². The van der Waals surface area contributed by atoms with E-state index in [2.05, 4.69) is 5.10 Å². The third-order valence-electron chi connectivity index (χ3n) is 3.93. The maximum absolute atomic E-state index is 14.1. The van der Waals surface area contributed by atoms with E-state index in [1.54, 1.807) is 0 Å². The molecule has 2 aromatic carbocycles. The van der Waals surface area contributed by atoms with Crippen molar-refractivity contribution in [3.63, 3.8) is 0 Å². The Morgan fingerprint density at radius 2 is 2.07 bits per heavy atom. The van der Waals surface area contributed by atoms with Gasteiger partial charge in [-0.1, -0.05) is 29.8 Å². The van der Waals surface area contributed by atoms with Gasteiger partial charge in [0.05, 0.1) is 17.8 Å². The first kappa shape index (κ1) is 18.9. The lowest BCUT2D eigenvalue weighted by atomic mass is 10.1. The number of nitrogens with one attached hydrogen (secondary N) is 1. The van der Waals surface area contributed by atoms with Gasteiger partial charge >= 0.3 is 0 Å². The third-order valence-corrected chi connectivity index (χ3v) is 4.16. The van der Waals surface area contributed by atoms with Crippen LogP contribution in [0.3, 0.4) is 0 Å². The number of aromatic nitrogens is 2. The van der Waals surface area contributed by atoms with Crippen molar-refractivity contribution in [3.8, 4) is 0 Å². The number of nitrogens with two attached hydrogens (primary N) is 1. The number of nitrogens with zero attached hydrogens (tertiary/aromatic N) is 2. The zero-order chi connectivity index (χ0) is 19.6. The van der Waals surface area contributed by atoms with E-state index in [-0.39, 0.29) is 17.1 Å². The summed E-state index contributed by atoms with van der Waals surface area (Å²) in [7, 11) is 0. The number of benzene rings is 2. The van der Waals surface area contributed by atoms with Crippen LogP contribution in [0.1, 0.15) is 23.2 Å². The summed E-state index contributed by atoms with van der Waals surface area (Å²) >= 11 is 5.76. The number of hydrazine groups is 1. The molecular weight excluding hydrogens is 381 g/mol. The number of amides is 1. The van der Waals surface area contributed by atoms with Crippen LogP contribution in [0.5, 0.6) is 0 Å². The van der Waals surface area contributed by atoms with Crippen LogP contribution in [0.4, 0.5) is 13.2 Å². The minimum absolute atomic E-state index is 0.00309. The van der Waals surface area contributed by atoms with Gasteiger partial charge in [0.2, 0.25) is 0 Å². The zero-order valence-corrected chi connectivity index (χ0v) is 14.6. The topological polar surface area (TPSA) is 72.9 Å². The molecule has 0 fully saturated rings. The Morgan fingerprint density at radius 1 is 1.30 bits per heavy atom. The molecule has 0 atom stereocenters. The fraction of sp³-hybridized carbons (Fsp3) is 0.111. The van der Waals surface area contributed by atoms with E-state index in [9.17, 15) is 18.0 Å². The van der Waals surface area contributed by atoms with E-state index in [1.165, 1.54) is 47.2 Å². The van der Waals surface area contributed by atoms with Gasteiger partial charge in [0.25, 0.3) is 12.3 Å². The molecule has 0 saturated heterocycles. The molecule has 3 N–H and O–H groups in total. The molecule has 0 aliphatic heterocycles. The SMILES string of the molecule is NNC(=O)C=Cc1nn(Cc2ccc(Cl)cc2F)c2cc(C(F)F)ccc12. The minimum atomic E-state index is -2.66. The summed E-state index contributed by atoms with van der Waals surface area (Å²) in [4.78, 5) is 11.3. The van der Waals surface area contributed by atoms with Gasteiger partial charge in [0, 0.05) is 27.6 Å². The third kappa shape index (κ3) is 4.12. The molecule has 0 radical (unpaired) electrons. The highest BCUT2D eigenvalue weighted by atomic mass is 35.5. The first-order valence-corrected chi connectivity index (χ1v) is 8.18. The summed E-state index contributed by atoms with van der Waals surface area (Å²) in [6, 6.07) is 8.25. The van der Waals surface area contributed by atoms with Crippen LogP contribution in [0.15, 0.2) is 42.5 Å². The second-order valence-electron chi connectivity index (χ2n) is 5.70. The predicted octanol–water partition coefficient (Wildman–Crippen LogP) is 3.82. The molecule has 0 aliphatic carbocycles. The average Bonchev–Trinajstić information content (AvgIpc) is 2.99. The Hall–Kier alpha value is -2.84. The van der Waals surface area contributed by atoms with Crippen LogP contribution in [-0.4, -0.2) is 15.7 Å². The van der Waals surface area contributed by atoms with E-state index < -0.39 is 18.1 Å². The van der Waals surface area contributed by atoms with Crippen LogP contribution < -0.4 is 11.3 Å². The van der Waals surface area contributed by atoms with E-state index in [0.717, 1.165) is 6.08 Å². The van der Waals surface area contributed by atoms with Crippen LogP contribution in [0, 0.1) is 5.82 Å². The van der Waals surface area contributed by atoms with E-state index in [1.807, 2.05) is 5.43 Å². The van der Waals surface area contributed by atoms with E-state index in [0.29, 0.717) is 22.2 Å². The highest BCUT2D eigenvalue weighted by Gasteiger charge is 2.15. The summed E-state index contributed by atoms with van der Waals surface area (Å²) in [6.45, 7) is 0.00309. The molecule has 5 nitrogen and oxygen atoms in total. The van der Waals surface area contributed by atoms with Gasteiger partial charge in [-0.05, 0) is 24.3 Å². The molecule has 0 bridgehead atoms. The van der Waals surface area contributed by atoms with E-state index in [4.69, 9.17) is 17.4 Å². The van der Waals surface area contributed by atoms with Crippen molar-refractivity contribution in [2.24, 2.45) is 5.84 Å². The molecule has 1 heterocycles. The first-order chi connectivity index (χ1) is 12.9. The molecule has 3 rings (SSSR count). The second kappa shape index (κ2) is 7.81. The monoisotopic (exact) mass is 394 g/mol. The quantitative estimate of drug-likeness (QED) is 0.299. The number of carbonyl (C=O) groups excluding carboxylic acids is 1. The molecule has 140 valence electrons. The molecule has 0 aliphatic rings. The normalized spacial score (nSPS) is 11.6. The Bertz CT molecular complexity index is 1030. The summed E-state index contributed by atoms with van der Waals surface area (Å²) in [5.74, 6) is 3.94. The minimum Gasteiger partial charge on any atom is -0.291 e. The first-order valence-electron chi connectivity index (χ1n) is 7.80. The highest BCUT2D eigenvalue weighted by Crippen LogP contribution is 2.27. The van der Waals surface area contributed by atoms with Crippen molar-refractivity contribution in [2.75, 3.05) is 0 Å². The lowest BCUT2D eigenvalue weighted by Gasteiger charge is -2.07. The number of alkyl halides is 2. The molecule has 27 heavy (non-hydrogen) atoms. The van der Waals surface area contributed by atoms with Crippen molar-refractivity contribution in [1.82, 2.24) is 15.2 Å². The Balaban J connectivity index is 2.10. The van der Waals surface area contributed by atoms with Crippen molar-refractivity contribution in [2.45, 2.75) is 13.0 Å². The number of hydrogen-bond donors (Lipinski definition) is 2. The maximum Gasteiger partial charge on any atom is 0.263 e. The summed E-state index contributed by atoms with van der Waals surface area (Å²) in [5, 5.41) is 5.10. The molecule has 1 aromatic heterocycles. The number of carbonyl (C=O) groups is 1. The van der Waals surface area contributed by atoms with Crippen molar-refractivity contribution < 1.29 is 18.0 Å². The van der Waals surface area contributed by atoms with Crippen molar-refractivity contribution in [3.05, 3.63) is 70.1 Å². The smallest absolute Gasteiger partial charge is 0.263 e. The molecule has 0 unspecified atom stereocenters. The summed E-state index contributed by atoms with van der Waals surface area (Å²) in [5.41, 5.74) is 2.80. The lowest BCUT2D eigenvalue weighted by molar-refractivity contribution is -0.116. The fourth-order valence-electron chi connectivity index (χ4n) is 2.61. The summed E-state index contributed by atoms with van der Waals surface area (Å²) in [6.07, 6.45) is -0.0934. The average molecular weight is 395 g/mol. The highest BCUT2D eigenvalue weighted by molar-refractivity contribution is 6.30. The number of halogens is 4.